The van der Waals surface area contributed by atoms with Crippen molar-refractivity contribution in [2.24, 2.45) is 0 Å². The van der Waals surface area contributed by atoms with Crippen LogP contribution in [0.25, 0.3) is 6.08 Å². The van der Waals surface area contributed by atoms with Crippen LogP contribution in [0.3, 0.4) is 0 Å². The van der Waals surface area contributed by atoms with Crippen molar-refractivity contribution < 1.29 is 38.5 Å². The number of carbonyl (C=O) groups is 4. The maximum absolute atomic E-state index is 12.6. The lowest BCUT2D eigenvalue weighted by molar-refractivity contribution is -0.150. The van der Waals surface area contributed by atoms with Crippen LogP contribution in [0.4, 0.5) is 4.79 Å². The zero-order valence-corrected chi connectivity index (χ0v) is 17.3. The number of amides is 2. The Morgan fingerprint density at radius 3 is 2.62 bits per heavy atom. The summed E-state index contributed by atoms with van der Waals surface area (Å²) in [5, 5.41) is 8.21. The van der Waals surface area contributed by atoms with E-state index in [2.05, 4.69) is 0 Å². The molecule has 1 saturated heterocycles. The normalized spacial score (nSPS) is 16.1. The Labute approximate surface area is 175 Å². The Balaban J connectivity index is 2.31. The van der Waals surface area contributed by atoms with Crippen molar-refractivity contribution in [3.05, 3.63) is 27.6 Å². The number of nitrogens with zero attached hydrogens (tertiary/aromatic N) is 1. The Hall–Kier alpha value is -2.72. The topological polar surface area (TPSA) is 119 Å². The molecule has 0 aliphatic carbocycles. The third-order valence-electron chi connectivity index (χ3n) is 3.73. The molecule has 1 fully saturated rings. The SMILES string of the molecule is CCOC(=O)C(C)N1C(=O)SC(=Cc2cc(Cl)c(OCC(=O)O)c(OC)c2)C1=O. The van der Waals surface area contributed by atoms with E-state index in [0.29, 0.717) is 17.3 Å². The van der Waals surface area contributed by atoms with E-state index < -0.39 is 35.7 Å². The van der Waals surface area contributed by atoms with Gasteiger partial charge in [-0.05, 0) is 49.4 Å². The van der Waals surface area contributed by atoms with Gasteiger partial charge in [-0.1, -0.05) is 11.6 Å². The molecule has 29 heavy (non-hydrogen) atoms. The number of carbonyl (C=O) groups excluding carboxylic acids is 3. The summed E-state index contributed by atoms with van der Waals surface area (Å²) in [7, 11) is 1.35. The monoisotopic (exact) mass is 443 g/mol. The fourth-order valence-electron chi connectivity index (χ4n) is 2.43. The first-order valence-electron chi connectivity index (χ1n) is 8.35. The minimum absolute atomic E-state index is 0.0396. The van der Waals surface area contributed by atoms with Gasteiger partial charge in [-0.25, -0.2) is 9.59 Å². The highest BCUT2D eigenvalue weighted by atomic mass is 35.5. The number of imide groups is 1. The first-order valence-corrected chi connectivity index (χ1v) is 9.54. The fourth-order valence-corrected chi connectivity index (χ4v) is 3.61. The van der Waals surface area contributed by atoms with E-state index in [0.717, 1.165) is 4.90 Å². The van der Waals surface area contributed by atoms with Gasteiger partial charge in [0, 0.05) is 0 Å². The van der Waals surface area contributed by atoms with Crippen LogP contribution in [0.1, 0.15) is 19.4 Å². The molecule has 156 valence electrons. The number of hydrogen-bond acceptors (Lipinski definition) is 8. The van der Waals surface area contributed by atoms with Crippen molar-refractivity contribution in [2.45, 2.75) is 19.9 Å². The number of benzene rings is 1. The molecule has 1 aliphatic rings. The summed E-state index contributed by atoms with van der Waals surface area (Å²) < 4.78 is 15.1. The predicted octanol–water partition coefficient (Wildman–Crippen LogP) is 2.80. The van der Waals surface area contributed by atoms with Gasteiger partial charge in [0.05, 0.1) is 23.6 Å². The molecule has 0 radical (unpaired) electrons. The molecule has 2 amide bonds. The van der Waals surface area contributed by atoms with Gasteiger partial charge in [0.25, 0.3) is 11.1 Å². The molecule has 9 nitrogen and oxygen atoms in total. The number of ether oxygens (including phenoxy) is 3. The standard InChI is InChI=1S/C18H18ClNO8S/c1-4-27-17(24)9(2)20-16(23)13(29-18(20)25)7-10-5-11(19)15(12(6-10)26-3)28-8-14(21)22/h5-7,9H,4,8H2,1-3H3,(H,21,22). The number of aliphatic carboxylic acids is 1. The molecule has 1 aromatic rings. The van der Waals surface area contributed by atoms with E-state index in [1.165, 1.54) is 32.2 Å². The number of hydrogen-bond donors (Lipinski definition) is 1. The van der Waals surface area contributed by atoms with Gasteiger partial charge < -0.3 is 19.3 Å². The molecule has 2 rings (SSSR count). The van der Waals surface area contributed by atoms with Crippen LogP contribution < -0.4 is 9.47 Å². The highest BCUT2D eigenvalue weighted by Gasteiger charge is 2.41. The number of rotatable bonds is 8. The average molecular weight is 444 g/mol. The van der Waals surface area contributed by atoms with E-state index in [9.17, 15) is 19.2 Å². The Morgan fingerprint density at radius 1 is 1.34 bits per heavy atom. The molecule has 0 saturated carbocycles. The van der Waals surface area contributed by atoms with Gasteiger partial charge in [-0.3, -0.25) is 14.5 Å². The molecule has 1 aliphatic heterocycles. The quantitative estimate of drug-likeness (QED) is 0.477. The summed E-state index contributed by atoms with van der Waals surface area (Å²) in [5.74, 6) is -2.30. The molecule has 0 bridgehead atoms. The lowest BCUT2D eigenvalue weighted by Crippen LogP contribution is -2.42. The number of thioether (sulfide) groups is 1. The summed E-state index contributed by atoms with van der Waals surface area (Å²) >= 11 is 6.82. The van der Waals surface area contributed by atoms with Crippen LogP contribution in [0.2, 0.25) is 5.02 Å². The largest absolute Gasteiger partial charge is 0.493 e. The highest BCUT2D eigenvalue weighted by molar-refractivity contribution is 8.18. The first kappa shape index (κ1) is 22.6. The molecule has 1 atom stereocenters. The van der Waals surface area contributed by atoms with Crippen molar-refractivity contribution in [3.63, 3.8) is 0 Å². The molecule has 11 heteroatoms. The minimum atomic E-state index is -1.18. The Morgan fingerprint density at radius 2 is 2.03 bits per heavy atom. The Bertz CT molecular complexity index is 885. The van der Waals surface area contributed by atoms with Gasteiger partial charge >= 0.3 is 11.9 Å². The highest BCUT2D eigenvalue weighted by Crippen LogP contribution is 2.39. The van der Waals surface area contributed by atoms with E-state index >= 15 is 0 Å². The smallest absolute Gasteiger partial charge is 0.341 e. The zero-order valence-electron chi connectivity index (χ0n) is 15.8. The second-order valence-corrected chi connectivity index (χ2v) is 7.10. The molecule has 0 spiro atoms. The van der Waals surface area contributed by atoms with Crippen LogP contribution in [-0.2, 0) is 19.1 Å². The van der Waals surface area contributed by atoms with Crippen molar-refractivity contribution in [1.82, 2.24) is 4.90 Å². The third kappa shape index (κ3) is 5.21. The van der Waals surface area contributed by atoms with Gasteiger partial charge in [0.2, 0.25) is 0 Å². The van der Waals surface area contributed by atoms with Crippen molar-refractivity contribution >= 4 is 52.5 Å². The molecule has 1 heterocycles. The van der Waals surface area contributed by atoms with E-state index in [1.807, 2.05) is 0 Å². The van der Waals surface area contributed by atoms with E-state index in [4.69, 9.17) is 30.9 Å². The summed E-state index contributed by atoms with van der Waals surface area (Å²) in [5.41, 5.74) is 0.420. The van der Waals surface area contributed by atoms with Crippen LogP contribution in [0.5, 0.6) is 11.5 Å². The van der Waals surface area contributed by atoms with Crippen molar-refractivity contribution in [3.8, 4) is 11.5 Å². The molecular formula is C18H18ClNO8S. The molecular weight excluding hydrogens is 426 g/mol. The molecule has 1 aromatic carbocycles. The first-order chi connectivity index (χ1) is 13.7. The lowest BCUT2D eigenvalue weighted by Gasteiger charge is -2.19. The number of halogens is 1. The Kier molecular flexibility index (Phi) is 7.52. The summed E-state index contributed by atoms with van der Waals surface area (Å²) in [6.45, 7) is 2.55. The van der Waals surface area contributed by atoms with Crippen molar-refractivity contribution in [1.29, 1.82) is 0 Å². The van der Waals surface area contributed by atoms with Crippen LogP contribution in [0.15, 0.2) is 17.0 Å². The second kappa shape index (κ2) is 9.66. The van der Waals surface area contributed by atoms with Gasteiger partial charge in [0.15, 0.2) is 18.1 Å². The van der Waals surface area contributed by atoms with Crippen LogP contribution >= 0.6 is 23.4 Å². The van der Waals surface area contributed by atoms with E-state index in [-0.39, 0.29) is 28.0 Å². The number of carboxylic acids is 1. The van der Waals surface area contributed by atoms with E-state index in [1.54, 1.807) is 6.92 Å². The minimum Gasteiger partial charge on any atom is -0.493 e. The maximum Gasteiger partial charge on any atom is 0.341 e. The number of esters is 1. The lowest BCUT2D eigenvalue weighted by atomic mass is 10.1. The molecule has 1 N–H and O–H groups in total. The van der Waals surface area contributed by atoms with Crippen LogP contribution in [-0.4, -0.2) is 59.5 Å². The summed E-state index contributed by atoms with van der Waals surface area (Å²) in [6, 6.07) is 1.86. The van der Waals surface area contributed by atoms with Gasteiger partial charge in [0.1, 0.15) is 6.04 Å². The molecule has 0 aromatic heterocycles. The number of methoxy groups -OCH3 is 1. The third-order valence-corrected chi connectivity index (χ3v) is 4.89. The predicted molar refractivity (Wildman–Crippen MR) is 105 cm³/mol. The van der Waals surface area contributed by atoms with Gasteiger partial charge in [-0.2, -0.15) is 0 Å². The molecule has 1 unspecified atom stereocenters. The van der Waals surface area contributed by atoms with Crippen molar-refractivity contribution in [2.75, 3.05) is 20.3 Å². The summed E-state index contributed by atoms with van der Waals surface area (Å²) in [6.07, 6.45) is 1.41. The fraction of sp³-hybridized carbons (Fsp3) is 0.333. The maximum atomic E-state index is 12.6. The second-order valence-electron chi connectivity index (χ2n) is 5.70. The number of carboxylic acid groups (broad SMARTS) is 1. The average Bonchev–Trinajstić information content (AvgIpc) is 2.93. The summed E-state index contributed by atoms with van der Waals surface area (Å²) in [4.78, 5) is 48.3. The van der Waals surface area contributed by atoms with Gasteiger partial charge in [-0.15, -0.1) is 0 Å². The van der Waals surface area contributed by atoms with Crippen LogP contribution in [0, 0.1) is 0 Å². The zero-order chi connectivity index (χ0) is 21.7.